The summed E-state index contributed by atoms with van der Waals surface area (Å²) in [4.78, 5) is 28.4. The number of allylic oxidation sites excluding steroid dienone is 2. The van der Waals surface area contributed by atoms with Crippen molar-refractivity contribution in [2.75, 3.05) is 0 Å². The lowest BCUT2D eigenvalue weighted by Gasteiger charge is -2.15. The van der Waals surface area contributed by atoms with Gasteiger partial charge >= 0.3 is 0 Å². The highest BCUT2D eigenvalue weighted by atomic mass is 16.1. The van der Waals surface area contributed by atoms with E-state index in [1.165, 1.54) is 0 Å². The molecule has 17 heavy (non-hydrogen) atoms. The van der Waals surface area contributed by atoms with E-state index in [1.54, 1.807) is 19.1 Å². The number of hydrogen-bond donors (Lipinski definition) is 0. The van der Waals surface area contributed by atoms with E-state index in [4.69, 9.17) is 1.37 Å². The van der Waals surface area contributed by atoms with Crippen molar-refractivity contribution in [2.24, 2.45) is 5.92 Å². The average molecular weight is 230 g/mol. The number of pyridine rings is 1. The Balaban J connectivity index is 2.56. The predicted octanol–water partition coefficient (Wildman–Crippen LogP) is 2.74. The van der Waals surface area contributed by atoms with Crippen molar-refractivity contribution in [3.05, 3.63) is 40.7 Å². The smallest absolute Gasteiger partial charge is 0.205 e. The molecule has 1 aromatic rings. The Labute approximate surface area is 102 Å². The molecular weight excluding hydrogens is 214 g/mol. The van der Waals surface area contributed by atoms with E-state index in [0.29, 0.717) is 23.3 Å². The Bertz CT molecular complexity index is 573. The van der Waals surface area contributed by atoms with Crippen LogP contribution in [0.4, 0.5) is 0 Å². The molecule has 0 spiro atoms. The first-order valence-electron chi connectivity index (χ1n) is 6.18. The third kappa shape index (κ3) is 2.18. The van der Waals surface area contributed by atoms with E-state index in [2.05, 4.69) is 4.98 Å². The van der Waals surface area contributed by atoms with E-state index in [-0.39, 0.29) is 23.4 Å². The minimum absolute atomic E-state index is 0.123. The van der Waals surface area contributed by atoms with Crippen molar-refractivity contribution in [3.63, 3.8) is 0 Å². The largest absolute Gasteiger partial charge is 0.289 e. The number of nitrogens with zero attached hydrogens (tertiary/aromatic N) is 1. The first-order valence-corrected chi connectivity index (χ1v) is 5.68. The molecule has 0 amide bonds. The van der Waals surface area contributed by atoms with Crippen LogP contribution in [0.5, 0.6) is 0 Å². The van der Waals surface area contributed by atoms with Crippen molar-refractivity contribution in [1.29, 1.82) is 0 Å². The fourth-order valence-corrected chi connectivity index (χ4v) is 1.88. The van der Waals surface area contributed by atoms with Gasteiger partial charge in [-0.15, -0.1) is 0 Å². The van der Waals surface area contributed by atoms with Gasteiger partial charge in [0.2, 0.25) is 5.78 Å². The number of Topliss-reactive ketones (excluding diaryl/α,β-unsaturated/α-hetero) is 1. The zero-order valence-electron chi connectivity index (χ0n) is 11.2. The van der Waals surface area contributed by atoms with Crippen molar-refractivity contribution < 1.29 is 11.0 Å². The monoisotopic (exact) mass is 230 g/mol. The molecule has 1 aromatic heterocycles. The van der Waals surface area contributed by atoms with Gasteiger partial charge in [-0.05, 0) is 37.4 Å². The maximum Gasteiger partial charge on any atom is 0.205 e. The molecular formula is C14H15NO2. The highest BCUT2D eigenvalue weighted by molar-refractivity contribution is 6.23. The molecule has 0 unspecified atom stereocenters. The summed E-state index contributed by atoms with van der Waals surface area (Å²) in [5.74, 6) is -0.434. The third-order valence-corrected chi connectivity index (χ3v) is 2.65. The van der Waals surface area contributed by atoms with Crippen LogP contribution in [-0.2, 0) is 0 Å². The normalized spacial score (nSPS) is 16.4. The van der Waals surface area contributed by atoms with Crippen LogP contribution in [0.2, 0.25) is 0 Å². The van der Waals surface area contributed by atoms with Crippen LogP contribution in [0.3, 0.4) is 0 Å². The van der Waals surface area contributed by atoms with Crippen LogP contribution in [0.1, 0.15) is 48.2 Å². The summed E-state index contributed by atoms with van der Waals surface area (Å²) in [7, 11) is 0. The number of aromatic nitrogens is 1. The first kappa shape index (κ1) is 10.4. The highest BCUT2D eigenvalue weighted by Crippen LogP contribution is 2.24. The highest BCUT2D eigenvalue weighted by Gasteiger charge is 2.26. The molecule has 0 aliphatic heterocycles. The maximum absolute atomic E-state index is 12.2. The Morgan fingerprint density at radius 3 is 2.71 bits per heavy atom. The van der Waals surface area contributed by atoms with Gasteiger partial charge in [0, 0.05) is 11.3 Å². The molecule has 3 heteroatoms. The van der Waals surface area contributed by atoms with E-state index >= 15 is 0 Å². The molecule has 1 aliphatic rings. The van der Waals surface area contributed by atoms with Crippen molar-refractivity contribution in [3.8, 4) is 0 Å². The fourth-order valence-electron chi connectivity index (χ4n) is 1.88. The molecule has 3 nitrogen and oxygen atoms in total. The van der Waals surface area contributed by atoms with Gasteiger partial charge in [-0.2, -0.15) is 0 Å². The van der Waals surface area contributed by atoms with E-state index in [9.17, 15) is 9.59 Å². The molecule has 88 valence electrons. The molecule has 1 aliphatic carbocycles. The summed E-state index contributed by atoms with van der Waals surface area (Å²) in [5.41, 5.74) is 1.44. The minimum Gasteiger partial charge on any atom is -0.289 e. The summed E-state index contributed by atoms with van der Waals surface area (Å²) in [6.07, 6.45) is 0.455. The van der Waals surface area contributed by atoms with Crippen LogP contribution in [0.25, 0.3) is 0 Å². The van der Waals surface area contributed by atoms with Gasteiger partial charge in [0.1, 0.15) is 5.69 Å². The van der Waals surface area contributed by atoms with Gasteiger partial charge in [-0.1, -0.05) is 13.8 Å². The zero-order chi connectivity index (χ0) is 13.4. The summed E-state index contributed by atoms with van der Waals surface area (Å²) in [6.45, 7) is 5.68. The van der Waals surface area contributed by atoms with E-state index in [1.807, 2.05) is 13.8 Å². The lowest BCUT2D eigenvalue weighted by Crippen LogP contribution is -2.19. The number of hydrogen-bond acceptors (Lipinski definition) is 3. The third-order valence-electron chi connectivity index (χ3n) is 2.65. The number of fused-ring (bicyclic) bond motifs is 1. The van der Waals surface area contributed by atoms with Gasteiger partial charge < -0.3 is 0 Å². The zero-order valence-corrected chi connectivity index (χ0v) is 10.2. The second-order valence-corrected chi connectivity index (χ2v) is 4.71. The van der Waals surface area contributed by atoms with Gasteiger partial charge in [0.25, 0.3) is 0 Å². The van der Waals surface area contributed by atoms with Crippen molar-refractivity contribution in [2.45, 2.75) is 27.2 Å². The van der Waals surface area contributed by atoms with E-state index < -0.39 is 5.78 Å². The number of rotatable bonds is 2. The van der Waals surface area contributed by atoms with Gasteiger partial charge in [0.15, 0.2) is 5.78 Å². The molecule has 0 fully saturated rings. The molecule has 0 radical (unpaired) electrons. The van der Waals surface area contributed by atoms with E-state index in [0.717, 1.165) is 0 Å². The molecule has 0 saturated heterocycles. The number of ketones is 2. The van der Waals surface area contributed by atoms with Gasteiger partial charge in [0.05, 0.1) is 6.93 Å². The Kier molecular flexibility index (Phi) is 2.59. The molecule has 0 bridgehead atoms. The van der Waals surface area contributed by atoms with Crippen LogP contribution in [0, 0.1) is 12.8 Å². The topological polar surface area (TPSA) is 47.0 Å². The fraction of sp³-hybridized carbons (Fsp3) is 0.357. The van der Waals surface area contributed by atoms with Gasteiger partial charge in [-0.3, -0.25) is 9.59 Å². The summed E-state index contributed by atoms with van der Waals surface area (Å²) >= 11 is 0. The maximum atomic E-state index is 12.2. The lowest BCUT2D eigenvalue weighted by atomic mass is 9.88. The molecule has 0 atom stereocenters. The lowest BCUT2D eigenvalue weighted by molar-refractivity contribution is 0.0976. The van der Waals surface area contributed by atoms with Crippen LogP contribution in [0.15, 0.2) is 23.8 Å². The molecule has 0 aromatic carbocycles. The first-order chi connectivity index (χ1) is 8.41. The number of aryl methyl sites for hydroxylation is 1. The van der Waals surface area contributed by atoms with Crippen LogP contribution in [-0.4, -0.2) is 16.6 Å². The average Bonchev–Trinajstić information content (AvgIpc) is 2.31. The SMILES string of the molecule is [2H]C1=C(CC(C)C)C(=O)c2ccc(C)nc2C1=O. The van der Waals surface area contributed by atoms with Crippen molar-refractivity contribution >= 4 is 11.6 Å². The molecule has 0 saturated carbocycles. The summed E-state index contributed by atoms with van der Waals surface area (Å²) in [5, 5.41) is 0. The quantitative estimate of drug-likeness (QED) is 0.784. The number of carbonyl (C=O) groups excluding carboxylic acids is 2. The second kappa shape index (κ2) is 4.24. The van der Waals surface area contributed by atoms with Crippen molar-refractivity contribution in [1.82, 2.24) is 4.98 Å². The van der Waals surface area contributed by atoms with Crippen LogP contribution < -0.4 is 0 Å². The van der Waals surface area contributed by atoms with Gasteiger partial charge in [-0.25, -0.2) is 4.98 Å². The Morgan fingerprint density at radius 1 is 1.35 bits per heavy atom. The van der Waals surface area contributed by atoms with Crippen LogP contribution >= 0.6 is 0 Å². The Morgan fingerprint density at radius 2 is 2.06 bits per heavy atom. The second-order valence-electron chi connectivity index (χ2n) is 4.71. The molecule has 1 heterocycles. The molecule has 2 rings (SSSR count). The number of carbonyl (C=O) groups is 2. The summed E-state index contributed by atoms with van der Waals surface area (Å²) < 4.78 is 7.83. The summed E-state index contributed by atoms with van der Waals surface area (Å²) in [6, 6.07) is 3.15. The predicted molar refractivity (Wildman–Crippen MR) is 65.2 cm³/mol. The standard InChI is InChI=1S/C14H15NO2/c1-8(2)6-10-7-12(16)13-11(14(10)17)5-4-9(3)15-13/h4-5,7-8H,6H2,1-3H3/i7D. The minimum atomic E-state index is -0.441. The Hall–Kier alpha value is -1.77. The molecule has 0 N–H and O–H groups in total.